The standard InChI is InChI=1S/C34H23ClFNO4/c1-41-24-6-4-5-21(18-24)29-30(31(38)19-9-12-22(35)13-10-19)37-27-15-14-23(36)17-20(27)11-16-28(37)34(29)32(39)25-7-2-3-8-26(25)33(34)40/h2-18,28-30H,1H3/t28-,29+,30-/m0/s1. The number of benzene rings is 4. The van der Waals surface area contributed by atoms with Crippen LogP contribution in [0, 0.1) is 11.2 Å². The van der Waals surface area contributed by atoms with E-state index >= 15 is 0 Å². The number of ether oxygens (including phenoxy) is 1. The van der Waals surface area contributed by atoms with E-state index in [1.54, 1.807) is 92.1 Å². The highest BCUT2D eigenvalue weighted by molar-refractivity contribution is 6.32. The summed E-state index contributed by atoms with van der Waals surface area (Å²) in [7, 11) is 1.54. The van der Waals surface area contributed by atoms with Crippen LogP contribution in [0.3, 0.4) is 0 Å². The first-order chi connectivity index (χ1) is 19.9. The lowest BCUT2D eigenvalue weighted by atomic mass is 9.64. The summed E-state index contributed by atoms with van der Waals surface area (Å²) >= 11 is 6.15. The zero-order chi connectivity index (χ0) is 28.5. The Bertz CT molecular complexity index is 1760. The van der Waals surface area contributed by atoms with Gasteiger partial charge in [0.15, 0.2) is 17.3 Å². The maximum Gasteiger partial charge on any atom is 0.185 e. The van der Waals surface area contributed by atoms with Crippen LogP contribution in [0.1, 0.15) is 48.1 Å². The van der Waals surface area contributed by atoms with Gasteiger partial charge >= 0.3 is 0 Å². The summed E-state index contributed by atoms with van der Waals surface area (Å²) in [6, 6.07) is 23.1. The van der Waals surface area contributed by atoms with Crippen molar-refractivity contribution < 1.29 is 23.5 Å². The molecule has 0 amide bonds. The second-order valence-electron chi connectivity index (χ2n) is 10.6. The summed E-state index contributed by atoms with van der Waals surface area (Å²) in [6.45, 7) is 0. The van der Waals surface area contributed by atoms with E-state index < -0.39 is 29.2 Å². The molecule has 2 aliphatic heterocycles. The normalized spacial score (nSPS) is 21.5. The molecule has 2 heterocycles. The molecule has 1 aliphatic carbocycles. The molecule has 0 saturated carbocycles. The predicted octanol–water partition coefficient (Wildman–Crippen LogP) is 6.80. The summed E-state index contributed by atoms with van der Waals surface area (Å²) in [5, 5.41) is 0.477. The number of hydrogen-bond acceptors (Lipinski definition) is 5. The first-order valence-electron chi connectivity index (χ1n) is 13.2. The van der Waals surface area contributed by atoms with E-state index in [0.29, 0.717) is 44.3 Å². The molecular formula is C34H23ClFNO4. The Balaban J connectivity index is 1.55. The van der Waals surface area contributed by atoms with Gasteiger partial charge in [-0.3, -0.25) is 14.4 Å². The Hall–Kier alpha value is -4.55. The average Bonchev–Trinajstić information content (AvgIpc) is 3.43. The van der Waals surface area contributed by atoms with Crippen LogP contribution in [-0.4, -0.2) is 36.5 Å². The smallest absolute Gasteiger partial charge is 0.185 e. The minimum absolute atomic E-state index is 0.279. The van der Waals surface area contributed by atoms with Crippen LogP contribution in [0.2, 0.25) is 5.02 Å². The number of carbonyl (C=O) groups is 3. The van der Waals surface area contributed by atoms with Crippen molar-refractivity contribution in [2.45, 2.75) is 18.0 Å². The Morgan fingerprint density at radius 1 is 0.902 bits per heavy atom. The molecule has 4 aromatic carbocycles. The maximum absolute atomic E-state index is 14.6. The summed E-state index contributed by atoms with van der Waals surface area (Å²) in [4.78, 5) is 45.7. The van der Waals surface area contributed by atoms with Gasteiger partial charge in [0.1, 0.15) is 23.0 Å². The molecule has 0 radical (unpaired) electrons. The van der Waals surface area contributed by atoms with Crippen molar-refractivity contribution in [1.82, 2.24) is 0 Å². The fourth-order valence-corrected chi connectivity index (χ4v) is 7.07. The molecule has 0 bridgehead atoms. The molecule has 7 heteroatoms. The highest BCUT2D eigenvalue weighted by Crippen LogP contribution is 2.61. The number of anilines is 1. The number of fused-ring (bicyclic) bond motifs is 5. The number of ketones is 3. The molecule has 0 unspecified atom stereocenters. The van der Waals surface area contributed by atoms with Crippen LogP contribution in [0.15, 0.2) is 97.1 Å². The van der Waals surface area contributed by atoms with E-state index in [-0.39, 0.29) is 17.3 Å². The van der Waals surface area contributed by atoms with Gasteiger partial charge in [0, 0.05) is 38.9 Å². The Morgan fingerprint density at radius 2 is 1.61 bits per heavy atom. The molecule has 4 aromatic rings. The van der Waals surface area contributed by atoms with Crippen LogP contribution < -0.4 is 9.64 Å². The van der Waals surface area contributed by atoms with Crippen LogP contribution in [0.5, 0.6) is 5.75 Å². The Morgan fingerprint density at radius 3 is 2.29 bits per heavy atom. The van der Waals surface area contributed by atoms with Crippen LogP contribution in [-0.2, 0) is 0 Å². The lowest BCUT2D eigenvalue weighted by molar-refractivity contribution is 0.0665. The number of methoxy groups -OCH3 is 1. The molecule has 5 nitrogen and oxygen atoms in total. The largest absolute Gasteiger partial charge is 0.497 e. The Kier molecular flexibility index (Phi) is 5.73. The third kappa shape index (κ3) is 3.50. The van der Waals surface area contributed by atoms with Crippen molar-refractivity contribution in [3.8, 4) is 5.75 Å². The molecule has 1 saturated heterocycles. The van der Waals surface area contributed by atoms with Crippen molar-refractivity contribution >= 4 is 40.7 Å². The Labute approximate surface area is 240 Å². The molecular weight excluding hydrogens is 541 g/mol. The van der Waals surface area contributed by atoms with Crippen molar-refractivity contribution in [3.05, 3.63) is 136 Å². The number of hydrogen-bond donors (Lipinski definition) is 0. The van der Waals surface area contributed by atoms with Gasteiger partial charge in [-0.05, 0) is 60.2 Å². The van der Waals surface area contributed by atoms with Crippen molar-refractivity contribution in [2.24, 2.45) is 5.41 Å². The first kappa shape index (κ1) is 25.4. The SMILES string of the molecule is COc1cccc([C@@H]2[C@@H](C(=O)c3ccc(Cl)cc3)N3c4ccc(F)cc4C=C[C@H]3C23C(=O)c2ccccc2C3=O)c1. The van der Waals surface area contributed by atoms with Crippen LogP contribution in [0.4, 0.5) is 10.1 Å². The molecule has 1 spiro atoms. The van der Waals surface area contributed by atoms with Gasteiger partial charge in [-0.15, -0.1) is 0 Å². The summed E-state index contributed by atoms with van der Waals surface area (Å²) in [5.41, 5.74) is 1.17. The lowest BCUT2D eigenvalue weighted by Crippen LogP contribution is -2.48. The summed E-state index contributed by atoms with van der Waals surface area (Å²) in [6.07, 6.45) is 3.51. The monoisotopic (exact) mass is 563 g/mol. The highest BCUT2D eigenvalue weighted by Gasteiger charge is 2.71. The zero-order valence-corrected chi connectivity index (χ0v) is 22.6. The van der Waals surface area contributed by atoms with E-state index in [9.17, 15) is 18.8 Å². The highest BCUT2D eigenvalue weighted by atomic mass is 35.5. The quantitative estimate of drug-likeness (QED) is 0.202. The van der Waals surface area contributed by atoms with Gasteiger partial charge in [-0.25, -0.2) is 4.39 Å². The number of nitrogens with zero attached hydrogens (tertiary/aromatic N) is 1. The second kappa shape index (κ2) is 9.25. The summed E-state index contributed by atoms with van der Waals surface area (Å²) < 4.78 is 19.9. The van der Waals surface area contributed by atoms with Gasteiger partial charge in [-0.1, -0.05) is 60.2 Å². The number of rotatable bonds is 4. The molecule has 3 atom stereocenters. The summed E-state index contributed by atoms with van der Waals surface area (Å²) in [5.74, 6) is -1.72. The molecule has 1 fully saturated rings. The molecule has 0 aromatic heterocycles. The van der Waals surface area contributed by atoms with E-state index in [2.05, 4.69) is 0 Å². The third-order valence-electron chi connectivity index (χ3n) is 8.62. The van der Waals surface area contributed by atoms with Gasteiger partial charge in [0.2, 0.25) is 0 Å². The van der Waals surface area contributed by atoms with Crippen LogP contribution in [0.25, 0.3) is 6.08 Å². The number of halogens is 2. The lowest BCUT2D eigenvalue weighted by Gasteiger charge is -2.37. The molecule has 202 valence electrons. The molecule has 0 N–H and O–H groups in total. The fraction of sp³-hybridized carbons (Fsp3) is 0.147. The second-order valence-corrected chi connectivity index (χ2v) is 11.0. The minimum atomic E-state index is -1.65. The van der Waals surface area contributed by atoms with Gasteiger partial charge in [-0.2, -0.15) is 0 Å². The van der Waals surface area contributed by atoms with E-state index in [1.807, 2.05) is 11.0 Å². The van der Waals surface area contributed by atoms with Gasteiger partial charge in [0.25, 0.3) is 0 Å². The molecule has 7 rings (SSSR count). The van der Waals surface area contributed by atoms with Crippen molar-refractivity contribution in [2.75, 3.05) is 12.0 Å². The van der Waals surface area contributed by atoms with Gasteiger partial charge in [0.05, 0.1) is 13.2 Å². The average molecular weight is 564 g/mol. The van der Waals surface area contributed by atoms with Gasteiger partial charge < -0.3 is 9.64 Å². The fourth-order valence-electron chi connectivity index (χ4n) is 6.94. The van der Waals surface area contributed by atoms with E-state index in [1.165, 1.54) is 12.1 Å². The topological polar surface area (TPSA) is 63.7 Å². The minimum Gasteiger partial charge on any atom is -0.497 e. The van der Waals surface area contributed by atoms with E-state index in [0.717, 1.165) is 0 Å². The maximum atomic E-state index is 14.6. The third-order valence-corrected chi connectivity index (χ3v) is 8.87. The van der Waals surface area contributed by atoms with Crippen LogP contribution >= 0.6 is 11.6 Å². The number of Topliss-reactive ketones (excluding diaryl/α,β-unsaturated/α-hetero) is 3. The van der Waals surface area contributed by atoms with E-state index in [4.69, 9.17) is 16.3 Å². The number of carbonyl (C=O) groups excluding carboxylic acids is 3. The van der Waals surface area contributed by atoms with Crippen molar-refractivity contribution in [1.29, 1.82) is 0 Å². The predicted molar refractivity (Wildman–Crippen MR) is 155 cm³/mol. The first-order valence-corrected chi connectivity index (χ1v) is 13.6. The van der Waals surface area contributed by atoms with Crippen molar-refractivity contribution in [3.63, 3.8) is 0 Å². The molecule has 3 aliphatic rings. The molecule has 41 heavy (non-hydrogen) atoms. The zero-order valence-electron chi connectivity index (χ0n) is 21.9.